The molecule has 0 bridgehead atoms. The third kappa shape index (κ3) is 3.36. The predicted octanol–water partition coefficient (Wildman–Crippen LogP) is 0.0608. The zero-order valence-corrected chi connectivity index (χ0v) is 7.63. The maximum Gasteiger partial charge on any atom is 0.216 e. The Bertz CT molecular complexity index is 231. The summed E-state index contributed by atoms with van der Waals surface area (Å²) < 4.78 is 0. The summed E-state index contributed by atoms with van der Waals surface area (Å²) in [6.07, 6.45) is 0.925. The first-order valence-corrected chi connectivity index (χ1v) is 4.35. The molecule has 13 heavy (non-hydrogen) atoms. The van der Waals surface area contributed by atoms with Crippen LogP contribution in [0.3, 0.4) is 0 Å². The number of amides is 1. The van der Waals surface area contributed by atoms with Crippen LogP contribution in [0.2, 0.25) is 0 Å². The third-order valence-electron chi connectivity index (χ3n) is 2.07. The van der Waals surface area contributed by atoms with Gasteiger partial charge in [-0.1, -0.05) is 0 Å². The minimum Gasteiger partial charge on any atom is -0.356 e. The van der Waals surface area contributed by atoms with Gasteiger partial charge in [0, 0.05) is 26.3 Å². The van der Waals surface area contributed by atoms with E-state index in [2.05, 4.69) is 5.32 Å². The zero-order chi connectivity index (χ0) is 9.84. The van der Waals surface area contributed by atoms with Crippen LogP contribution in [0.4, 0.5) is 0 Å². The van der Waals surface area contributed by atoms with Crippen LogP contribution in [0.1, 0.15) is 26.2 Å². The number of ketones is 2. The Labute approximate surface area is 76.7 Å². The molecule has 1 amide bonds. The van der Waals surface area contributed by atoms with Crippen LogP contribution in [0.5, 0.6) is 0 Å². The highest BCUT2D eigenvalue weighted by Gasteiger charge is 2.25. The largest absolute Gasteiger partial charge is 0.356 e. The van der Waals surface area contributed by atoms with E-state index in [0.717, 1.165) is 0 Å². The fourth-order valence-corrected chi connectivity index (χ4v) is 1.51. The van der Waals surface area contributed by atoms with Gasteiger partial charge in [0.05, 0.1) is 6.42 Å². The van der Waals surface area contributed by atoms with Gasteiger partial charge in [0.1, 0.15) is 11.6 Å². The normalized spacial score (nSPS) is 18.8. The van der Waals surface area contributed by atoms with E-state index in [0.29, 0.717) is 19.4 Å². The number of hydrogen-bond donors (Lipinski definition) is 1. The van der Waals surface area contributed by atoms with E-state index in [-0.39, 0.29) is 29.8 Å². The van der Waals surface area contributed by atoms with Crippen LogP contribution < -0.4 is 5.32 Å². The van der Waals surface area contributed by atoms with Crippen molar-refractivity contribution in [2.75, 3.05) is 6.54 Å². The first-order valence-electron chi connectivity index (χ1n) is 4.35. The lowest BCUT2D eigenvalue weighted by atomic mass is 9.87. The molecule has 1 fully saturated rings. The molecular weight excluding hydrogens is 170 g/mol. The van der Waals surface area contributed by atoms with Gasteiger partial charge in [-0.2, -0.15) is 0 Å². The van der Waals surface area contributed by atoms with Gasteiger partial charge in [0.2, 0.25) is 5.91 Å². The van der Waals surface area contributed by atoms with E-state index >= 15 is 0 Å². The van der Waals surface area contributed by atoms with E-state index in [1.54, 1.807) is 0 Å². The second-order valence-corrected chi connectivity index (χ2v) is 3.47. The van der Waals surface area contributed by atoms with Crippen molar-refractivity contribution in [3.8, 4) is 0 Å². The maximum atomic E-state index is 11.0. The molecule has 0 aromatic rings. The molecule has 0 unspecified atom stereocenters. The van der Waals surface area contributed by atoms with Crippen molar-refractivity contribution in [1.82, 2.24) is 5.32 Å². The number of rotatable bonds is 2. The lowest BCUT2D eigenvalue weighted by Crippen LogP contribution is -2.33. The molecule has 0 aliphatic heterocycles. The van der Waals surface area contributed by atoms with E-state index in [9.17, 15) is 14.4 Å². The second-order valence-electron chi connectivity index (χ2n) is 3.47. The predicted molar refractivity (Wildman–Crippen MR) is 46.0 cm³/mol. The third-order valence-corrected chi connectivity index (χ3v) is 2.07. The number of Topliss-reactive ketones (excluding diaryl/α,β-unsaturated/α-hetero) is 2. The summed E-state index contributed by atoms with van der Waals surface area (Å²) in [5.74, 6) is -0.124. The van der Waals surface area contributed by atoms with Gasteiger partial charge in [0.25, 0.3) is 0 Å². The van der Waals surface area contributed by atoms with Crippen molar-refractivity contribution in [2.24, 2.45) is 5.92 Å². The highest BCUT2D eigenvalue weighted by atomic mass is 16.2. The molecule has 1 aliphatic rings. The van der Waals surface area contributed by atoms with Gasteiger partial charge < -0.3 is 5.32 Å². The molecule has 0 radical (unpaired) electrons. The number of nitrogens with one attached hydrogen (secondary N) is 1. The van der Waals surface area contributed by atoms with Crippen LogP contribution in [-0.2, 0) is 14.4 Å². The quantitative estimate of drug-likeness (QED) is 0.616. The molecule has 0 aromatic heterocycles. The average molecular weight is 183 g/mol. The van der Waals surface area contributed by atoms with Gasteiger partial charge in [-0.05, 0) is 5.92 Å². The molecule has 0 spiro atoms. The molecule has 0 aromatic carbocycles. The topological polar surface area (TPSA) is 63.2 Å². The van der Waals surface area contributed by atoms with Gasteiger partial charge in [-0.25, -0.2) is 0 Å². The Balaban J connectivity index is 2.37. The Morgan fingerprint density at radius 1 is 1.38 bits per heavy atom. The Hall–Kier alpha value is -1.19. The molecular formula is C9H13NO3. The fourth-order valence-electron chi connectivity index (χ4n) is 1.51. The lowest BCUT2D eigenvalue weighted by molar-refractivity contribution is -0.131. The van der Waals surface area contributed by atoms with E-state index in [1.807, 2.05) is 0 Å². The maximum absolute atomic E-state index is 11.0. The highest BCUT2D eigenvalue weighted by molar-refractivity contribution is 6.01. The second kappa shape index (κ2) is 4.16. The summed E-state index contributed by atoms with van der Waals surface area (Å²) in [5.41, 5.74) is 0. The Morgan fingerprint density at radius 2 is 1.92 bits per heavy atom. The van der Waals surface area contributed by atoms with Crippen molar-refractivity contribution < 1.29 is 14.4 Å². The van der Waals surface area contributed by atoms with Crippen molar-refractivity contribution in [3.05, 3.63) is 0 Å². The SMILES string of the molecule is CC(=O)NCC1CC(=O)CC(=O)C1. The fraction of sp³-hybridized carbons (Fsp3) is 0.667. The van der Waals surface area contributed by atoms with Gasteiger partial charge >= 0.3 is 0 Å². The van der Waals surface area contributed by atoms with Crippen LogP contribution >= 0.6 is 0 Å². The lowest BCUT2D eigenvalue weighted by Gasteiger charge is -2.19. The highest BCUT2D eigenvalue weighted by Crippen LogP contribution is 2.17. The van der Waals surface area contributed by atoms with Gasteiger partial charge in [-0.15, -0.1) is 0 Å². The molecule has 1 aliphatic carbocycles. The monoisotopic (exact) mass is 183 g/mol. The van der Waals surface area contributed by atoms with E-state index in [1.165, 1.54) is 6.92 Å². The van der Waals surface area contributed by atoms with Crippen LogP contribution in [-0.4, -0.2) is 24.0 Å². The molecule has 1 saturated carbocycles. The van der Waals surface area contributed by atoms with Crippen LogP contribution in [0, 0.1) is 5.92 Å². The smallest absolute Gasteiger partial charge is 0.216 e. The molecule has 0 heterocycles. The summed E-state index contributed by atoms with van der Waals surface area (Å²) in [4.78, 5) is 32.6. The minimum atomic E-state index is -0.120. The summed E-state index contributed by atoms with van der Waals surface area (Å²) in [5, 5.41) is 2.61. The zero-order valence-electron chi connectivity index (χ0n) is 7.63. The Kier molecular flexibility index (Phi) is 3.17. The number of hydrogen-bond acceptors (Lipinski definition) is 3. The molecule has 1 N–H and O–H groups in total. The van der Waals surface area contributed by atoms with Crippen molar-refractivity contribution in [3.63, 3.8) is 0 Å². The standard InChI is InChI=1S/C9H13NO3/c1-6(11)10-5-7-2-8(12)4-9(13)3-7/h7H,2-5H2,1H3,(H,10,11). The number of carbonyl (C=O) groups is 3. The van der Waals surface area contributed by atoms with E-state index < -0.39 is 0 Å². The van der Waals surface area contributed by atoms with Crippen molar-refractivity contribution in [2.45, 2.75) is 26.2 Å². The van der Waals surface area contributed by atoms with Crippen LogP contribution in [0.25, 0.3) is 0 Å². The molecule has 0 saturated heterocycles. The Morgan fingerprint density at radius 3 is 2.38 bits per heavy atom. The molecule has 0 atom stereocenters. The molecule has 4 heteroatoms. The van der Waals surface area contributed by atoms with Crippen molar-refractivity contribution in [1.29, 1.82) is 0 Å². The summed E-state index contributed by atoms with van der Waals surface area (Å²) >= 11 is 0. The first-order chi connectivity index (χ1) is 6.08. The van der Waals surface area contributed by atoms with E-state index in [4.69, 9.17) is 0 Å². The van der Waals surface area contributed by atoms with Crippen LogP contribution in [0.15, 0.2) is 0 Å². The molecule has 72 valence electrons. The molecule has 4 nitrogen and oxygen atoms in total. The summed E-state index contributed by atoms with van der Waals surface area (Å²) in [6.45, 7) is 1.86. The minimum absolute atomic E-state index is 0.00778. The molecule has 1 rings (SSSR count). The summed E-state index contributed by atoms with van der Waals surface area (Å²) in [7, 11) is 0. The van der Waals surface area contributed by atoms with Gasteiger partial charge in [-0.3, -0.25) is 14.4 Å². The number of carbonyl (C=O) groups excluding carboxylic acids is 3. The van der Waals surface area contributed by atoms with Gasteiger partial charge in [0.15, 0.2) is 0 Å². The van der Waals surface area contributed by atoms with Crippen molar-refractivity contribution >= 4 is 17.5 Å². The first kappa shape index (κ1) is 9.89. The summed E-state index contributed by atoms with van der Waals surface area (Å²) in [6, 6.07) is 0. The average Bonchev–Trinajstić information content (AvgIpc) is 1.99.